The SMILES string of the molecule is CCNC(=NCCNC(=O)c1cccc(OC)c1)N1CCC2(CCC2)C1.I. The molecule has 150 valence electrons. The van der Waals surface area contributed by atoms with Crippen LogP contribution in [-0.2, 0) is 0 Å². The smallest absolute Gasteiger partial charge is 0.251 e. The van der Waals surface area contributed by atoms with Crippen molar-refractivity contribution in [2.75, 3.05) is 39.8 Å². The van der Waals surface area contributed by atoms with Crippen molar-refractivity contribution in [3.63, 3.8) is 0 Å². The van der Waals surface area contributed by atoms with Crippen LogP contribution in [0, 0.1) is 5.41 Å². The van der Waals surface area contributed by atoms with E-state index in [4.69, 9.17) is 9.73 Å². The number of carbonyl (C=O) groups excluding carboxylic acids is 1. The van der Waals surface area contributed by atoms with Crippen LogP contribution in [0.3, 0.4) is 0 Å². The van der Waals surface area contributed by atoms with Gasteiger partial charge in [0.25, 0.3) is 5.91 Å². The van der Waals surface area contributed by atoms with Crippen LogP contribution < -0.4 is 15.4 Å². The second-order valence-corrected chi connectivity index (χ2v) is 7.25. The molecule has 2 N–H and O–H groups in total. The molecule has 1 saturated carbocycles. The van der Waals surface area contributed by atoms with Crippen molar-refractivity contribution < 1.29 is 9.53 Å². The Balaban J connectivity index is 0.00000261. The number of hydrogen-bond donors (Lipinski definition) is 2. The molecule has 0 aromatic heterocycles. The van der Waals surface area contributed by atoms with Crippen LogP contribution >= 0.6 is 24.0 Å². The maximum atomic E-state index is 12.2. The highest BCUT2D eigenvalue weighted by Crippen LogP contribution is 2.47. The first-order valence-electron chi connectivity index (χ1n) is 9.61. The Morgan fingerprint density at radius 3 is 2.74 bits per heavy atom. The van der Waals surface area contributed by atoms with Gasteiger partial charge in [0.2, 0.25) is 0 Å². The molecule has 0 bridgehead atoms. The molecule has 1 aromatic carbocycles. The predicted molar refractivity (Wildman–Crippen MR) is 119 cm³/mol. The van der Waals surface area contributed by atoms with Crippen molar-refractivity contribution in [1.82, 2.24) is 15.5 Å². The summed E-state index contributed by atoms with van der Waals surface area (Å²) < 4.78 is 5.16. The van der Waals surface area contributed by atoms with Gasteiger partial charge in [-0.3, -0.25) is 9.79 Å². The number of amides is 1. The summed E-state index contributed by atoms with van der Waals surface area (Å²) in [6.07, 6.45) is 5.38. The third-order valence-electron chi connectivity index (χ3n) is 5.48. The van der Waals surface area contributed by atoms with Gasteiger partial charge in [-0.15, -0.1) is 24.0 Å². The first kappa shape index (κ1) is 21.8. The summed E-state index contributed by atoms with van der Waals surface area (Å²) in [4.78, 5) is 19.3. The maximum Gasteiger partial charge on any atom is 0.251 e. The average molecular weight is 486 g/mol. The van der Waals surface area contributed by atoms with Crippen molar-refractivity contribution in [3.8, 4) is 5.75 Å². The zero-order chi connectivity index (χ0) is 18.4. The Morgan fingerprint density at radius 2 is 2.11 bits per heavy atom. The van der Waals surface area contributed by atoms with Crippen molar-refractivity contribution in [3.05, 3.63) is 29.8 Å². The second-order valence-electron chi connectivity index (χ2n) is 7.25. The number of hydrogen-bond acceptors (Lipinski definition) is 3. The summed E-state index contributed by atoms with van der Waals surface area (Å²) in [7, 11) is 1.60. The molecule has 1 aromatic rings. The third-order valence-corrected chi connectivity index (χ3v) is 5.48. The van der Waals surface area contributed by atoms with E-state index >= 15 is 0 Å². The molecule has 1 heterocycles. The molecule has 1 aliphatic carbocycles. The van der Waals surface area contributed by atoms with Gasteiger partial charge in [-0.2, -0.15) is 0 Å². The predicted octanol–water partition coefficient (Wildman–Crippen LogP) is 2.88. The molecule has 6 nitrogen and oxygen atoms in total. The van der Waals surface area contributed by atoms with Gasteiger partial charge in [0.05, 0.1) is 13.7 Å². The lowest BCUT2D eigenvalue weighted by molar-refractivity contribution is 0.0954. The Hall–Kier alpha value is -1.51. The van der Waals surface area contributed by atoms with Crippen molar-refractivity contribution in [1.29, 1.82) is 0 Å². The monoisotopic (exact) mass is 486 g/mol. The minimum Gasteiger partial charge on any atom is -0.497 e. The number of benzene rings is 1. The minimum absolute atomic E-state index is 0. The number of methoxy groups -OCH3 is 1. The molecule has 0 unspecified atom stereocenters. The number of nitrogens with zero attached hydrogens (tertiary/aromatic N) is 2. The van der Waals surface area contributed by atoms with Gasteiger partial charge in [0.1, 0.15) is 5.75 Å². The van der Waals surface area contributed by atoms with Gasteiger partial charge in [-0.25, -0.2) is 0 Å². The number of nitrogens with one attached hydrogen (secondary N) is 2. The van der Waals surface area contributed by atoms with E-state index in [1.54, 1.807) is 19.2 Å². The highest BCUT2D eigenvalue weighted by molar-refractivity contribution is 14.0. The third kappa shape index (κ3) is 5.49. The highest BCUT2D eigenvalue weighted by Gasteiger charge is 2.43. The molecule has 2 aliphatic rings. The largest absolute Gasteiger partial charge is 0.497 e. The molecule has 7 heteroatoms. The number of carbonyl (C=O) groups is 1. The van der Waals surface area contributed by atoms with Crippen molar-refractivity contribution >= 4 is 35.8 Å². The van der Waals surface area contributed by atoms with Crippen LogP contribution in [0.15, 0.2) is 29.3 Å². The van der Waals surface area contributed by atoms with Crippen molar-refractivity contribution in [2.24, 2.45) is 10.4 Å². The van der Waals surface area contributed by atoms with E-state index in [2.05, 4.69) is 22.5 Å². The molecule has 27 heavy (non-hydrogen) atoms. The molecule has 2 fully saturated rings. The molecular formula is C20H31IN4O2. The maximum absolute atomic E-state index is 12.2. The zero-order valence-corrected chi connectivity index (χ0v) is 18.6. The number of ether oxygens (including phenoxy) is 1. The standard InChI is InChI=1S/C20H30N4O2.HI/c1-3-21-19(24-13-10-20(15-24)8-5-9-20)23-12-11-22-18(25)16-6-4-7-17(14-16)26-2;/h4,6-7,14H,3,5,8-13,15H2,1-2H3,(H,21,23)(H,22,25);1H. The molecule has 3 rings (SSSR count). The van der Waals surface area contributed by atoms with Crippen LogP contribution in [0.25, 0.3) is 0 Å². The first-order chi connectivity index (χ1) is 12.7. The van der Waals surface area contributed by atoms with Gasteiger partial charge in [-0.05, 0) is 49.8 Å². The van der Waals surface area contributed by atoms with Crippen LogP contribution in [0.5, 0.6) is 5.75 Å². The Kier molecular flexibility index (Phi) is 8.19. The van der Waals surface area contributed by atoms with Gasteiger partial charge in [0.15, 0.2) is 5.96 Å². The number of guanidine groups is 1. The zero-order valence-electron chi connectivity index (χ0n) is 16.3. The topological polar surface area (TPSA) is 66.0 Å². The van der Waals surface area contributed by atoms with Gasteiger partial charge in [-0.1, -0.05) is 12.5 Å². The fourth-order valence-corrected chi connectivity index (χ4v) is 3.82. The quantitative estimate of drug-likeness (QED) is 0.281. The van der Waals surface area contributed by atoms with Crippen molar-refractivity contribution in [2.45, 2.75) is 32.6 Å². The summed E-state index contributed by atoms with van der Waals surface area (Å²) in [5, 5.41) is 6.32. The van der Waals surface area contributed by atoms with E-state index in [0.29, 0.717) is 29.8 Å². The van der Waals surface area contributed by atoms with E-state index in [-0.39, 0.29) is 29.9 Å². The normalized spacial score (nSPS) is 17.9. The number of rotatable bonds is 6. The van der Waals surface area contributed by atoms with Gasteiger partial charge >= 0.3 is 0 Å². The average Bonchev–Trinajstić information content (AvgIpc) is 3.10. The van der Waals surface area contributed by atoms with Crippen LogP contribution in [0.2, 0.25) is 0 Å². The number of likely N-dealkylation sites (tertiary alicyclic amines) is 1. The van der Waals surface area contributed by atoms with E-state index in [1.807, 2.05) is 12.1 Å². The lowest BCUT2D eigenvalue weighted by Gasteiger charge is -2.38. The Morgan fingerprint density at radius 1 is 1.30 bits per heavy atom. The van der Waals surface area contributed by atoms with Crippen LogP contribution in [-0.4, -0.2) is 56.6 Å². The van der Waals surface area contributed by atoms with Crippen LogP contribution in [0.1, 0.15) is 43.0 Å². The second kappa shape index (κ2) is 10.1. The van der Waals surface area contributed by atoms with E-state index in [0.717, 1.165) is 25.6 Å². The summed E-state index contributed by atoms with van der Waals surface area (Å²) in [6, 6.07) is 7.17. The molecule has 1 amide bonds. The fourth-order valence-electron chi connectivity index (χ4n) is 3.82. The molecular weight excluding hydrogens is 455 g/mol. The fraction of sp³-hybridized carbons (Fsp3) is 0.600. The first-order valence-corrected chi connectivity index (χ1v) is 9.61. The lowest BCUT2D eigenvalue weighted by Crippen LogP contribution is -2.43. The summed E-state index contributed by atoms with van der Waals surface area (Å²) in [5.74, 6) is 1.56. The number of aliphatic imine (C=N–C) groups is 1. The number of halogens is 1. The summed E-state index contributed by atoms with van der Waals surface area (Å²) in [5.41, 5.74) is 1.16. The molecule has 1 spiro atoms. The van der Waals surface area contributed by atoms with Crippen LogP contribution in [0.4, 0.5) is 0 Å². The Bertz CT molecular complexity index is 661. The lowest BCUT2D eigenvalue weighted by atomic mass is 9.68. The molecule has 1 aliphatic heterocycles. The highest BCUT2D eigenvalue weighted by atomic mass is 127. The van der Waals surface area contributed by atoms with Gasteiger partial charge < -0.3 is 20.3 Å². The molecule has 0 atom stereocenters. The van der Waals surface area contributed by atoms with E-state index < -0.39 is 0 Å². The minimum atomic E-state index is -0.0984. The molecule has 1 saturated heterocycles. The summed E-state index contributed by atoms with van der Waals surface area (Å²) in [6.45, 7) is 6.25. The van der Waals surface area contributed by atoms with E-state index in [9.17, 15) is 4.79 Å². The van der Waals surface area contributed by atoms with E-state index in [1.165, 1.54) is 25.7 Å². The molecule has 0 radical (unpaired) electrons. The Labute approximate surface area is 179 Å². The van der Waals surface area contributed by atoms with Gasteiger partial charge in [0, 0.05) is 31.7 Å². The summed E-state index contributed by atoms with van der Waals surface area (Å²) >= 11 is 0.